The summed E-state index contributed by atoms with van der Waals surface area (Å²) in [6.45, 7) is 3.63. The highest BCUT2D eigenvalue weighted by Gasteiger charge is 2.33. The van der Waals surface area contributed by atoms with Gasteiger partial charge in [0.05, 0.1) is 25.3 Å². The number of carbonyl (C=O) groups excluding carboxylic acids is 1. The molecule has 0 spiro atoms. The van der Waals surface area contributed by atoms with Crippen LogP contribution in [0.4, 0.5) is 18.9 Å². The fraction of sp³-hybridized carbons (Fsp3) is 0.286. The van der Waals surface area contributed by atoms with E-state index in [0.717, 1.165) is 17.7 Å². The van der Waals surface area contributed by atoms with E-state index in [9.17, 15) is 18.0 Å². The monoisotopic (exact) mass is 525 g/mol. The first-order valence-electron chi connectivity index (χ1n) is 12.0. The standard InChI is InChI=1S/C28H26F3N3O4/c1-17-4-7-22-20(14-17)26(32-21-16-19(28(29,30)31)6-9-23(21)38-22)33-10-12-34(13-11-33)27(35)18-5-8-24(36-2)25(15-18)37-3/h4-9,14-16H,10-13H2,1-3H3. The summed E-state index contributed by atoms with van der Waals surface area (Å²) in [5.74, 6) is 2.13. The zero-order chi connectivity index (χ0) is 27.0. The predicted molar refractivity (Wildman–Crippen MR) is 136 cm³/mol. The molecule has 198 valence electrons. The topological polar surface area (TPSA) is 63.6 Å². The smallest absolute Gasteiger partial charge is 0.416 e. The molecule has 2 aliphatic heterocycles. The lowest BCUT2D eigenvalue weighted by Crippen LogP contribution is -2.50. The highest BCUT2D eigenvalue weighted by atomic mass is 19.4. The summed E-state index contributed by atoms with van der Waals surface area (Å²) >= 11 is 0. The van der Waals surface area contributed by atoms with Gasteiger partial charge in [-0.25, -0.2) is 4.99 Å². The van der Waals surface area contributed by atoms with Gasteiger partial charge in [0.2, 0.25) is 0 Å². The van der Waals surface area contributed by atoms with Crippen LogP contribution in [0.2, 0.25) is 0 Å². The number of methoxy groups -OCH3 is 2. The van der Waals surface area contributed by atoms with Crippen molar-refractivity contribution in [2.24, 2.45) is 4.99 Å². The highest BCUT2D eigenvalue weighted by Crippen LogP contribution is 2.42. The maximum absolute atomic E-state index is 13.4. The van der Waals surface area contributed by atoms with Crippen LogP contribution in [0, 0.1) is 6.92 Å². The number of halogens is 3. The van der Waals surface area contributed by atoms with Crippen LogP contribution in [0.25, 0.3) is 0 Å². The van der Waals surface area contributed by atoms with Gasteiger partial charge in [-0.15, -0.1) is 0 Å². The van der Waals surface area contributed by atoms with Crippen LogP contribution < -0.4 is 14.2 Å². The molecule has 2 heterocycles. The normalized spacial score (nSPS) is 15.1. The molecule has 0 aromatic heterocycles. The van der Waals surface area contributed by atoms with Crippen LogP contribution in [-0.4, -0.2) is 61.9 Å². The van der Waals surface area contributed by atoms with Gasteiger partial charge in [0.1, 0.15) is 17.3 Å². The van der Waals surface area contributed by atoms with Gasteiger partial charge in [0.15, 0.2) is 17.2 Å². The Morgan fingerprint density at radius 2 is 1.61 bits per heavy atom. The van der Waals surface area contributed by atoms with E-state index in [1.54, 1.807) is 29.2 Å². The summed E-state index contributed by atoms with van der Waals surface area (Å²) in [4.78, 5) is 21.6. The Kier molecular flexibility index (Phi) is 6.64. The molecule has 2 aliphatic rings. The van der Waals surface area contributed by atoms with Crippen LogP contribution in [0.1, 0.15) is 27.0 Å². The number of rotatable bonds is 3. The molecule has 1 amide bonds. The van der Waals surface area contributed by atoms with Crippen molar-refractivity contribution >= 4 is 17.4 Å². The zero-order valence-corrected chi connectivity index (χ0v) is 21.1. The number of carbonyl (C=O) groups is 1. The quantitative estimate of drug-likeness (QED) is 0.441. The number of ether oxygens (including phenoxy) is 3. The van der Waals surface area contributed by atoms with Gasteiger partial charge < -0.3 is 24.0 Å². The molecule has 3 aromatic rings. The summed E-state index contributed by atoms with van der Waals surface area (Å²) in [7, 11) is 3.04. The van der Waals surface area contributed by atoms with Crippen molar-refractivity contribution in [1.29, 1.82) is 0 Å². The Hall–Kier alpha value is -4.21. The number of aliphatic imine (C=N–C) groups is 1. The molecule has 1 saturated heterocycles. The Balaban J connectivity index is 1.43. The summed E-state index contributed by atoms with van der Waals surface area (Å²) in [6.07, 6.45) is -4.50. The van der Waals surface area contributed by atoms with Crippen LogP contribution in [-0.2, 0) is 6.18 Å². The van der Waals surface area contributed by atoms with Crippen molar-refractivity contribution in [1.82, 2.24) is 9.80 Å². The largest absolute Gasteiger partial charge is 0.493 e. The molecule has 3 aromatic carbocycles. The Bertz CT molecular complexity index is 1410. The van der Waals surface area contributed by atoms with E-state index in [0.29, 0.717) is 60.4 Å². The molecule has 5 rings (SSSR count). The first kappa shape index (κ1) is 25.4. The molecule has 0 radical (unpaired) electrons. The molecule has 10 heteroatoms. The lowest BCUT2D eigenvalue weighted by molar-refractivity contribution is -0.137. The van der Waals surface area contributed by atoms with E-state index < -0.39 is 11.7 Å². The number of hydrogen-bond donors (Lipinski definition) is 0. The number of fused-ring (bicyclic) bond motifs is 2. The fourth-order valence-corrected chi connectivity index (χ4v) is 4.58. The number of benzene rings is 3. The minimum atomic E-state index is -4.50. The summed E-state index contributed by atoms with van der Waals surface area (Å²) in [6, 6.07) is 13.9. The maximum atomic E-state index is 13.4. The molecule has 0 N–H and O–H groups in total. The number of aryl methyl sites for hydroxylation is 1. The molecule has 0 bridgehead atoms. The molecule has 0 aliphatic carbocycles. The van der Waals surface area contributed by atoms with Gasteiger partial charge in [-0.3, -0.25) is 4.79 Å². The van der Waals surface area contributed by atoms with Gasteiger partial charge in [-0.05, 0) is 55.5 Å². The highest BCUT2D eigenvalue weighted by molar-refractivity contribution is 6.04. The van der Waals surface area contributed by atoms with E-state index >= 15 is 0 Å². The molecule has 0 unspecified atom stereocenters. The summed E-state index contributed by atoms with van der Waals surface area (Å²) in [5.41, 5.74) is 1.44. The molecule has 1 fully saturated rings. The third kappa shape index (κ3) is 4.85. The van der Waals surface area contributed by atoms with E-state index in [-0.39, 0.29) is 17.3 Å². The summed E-state index contributed by atoms with van der Waals surface area (Å²) in [5, 5.41) is 0. The second kappa shape index (κ2) is 9.92. The van der Waals surface area contributed by atoms with E-state index in [2.05, 4.69) is 4.99 Å². The lowest BCUT2D eigenvalue weighted by Gasteiger charge is -2.36. The number of hydrogen-bond acceptors (Lipinski definition) is 6. The molecule has 38 heavy (non-hydrogen) atoms. The van der Waals surface area contributed by atoms with Crippen molar-refractivity contribution in [2.45, 2.75) is 13.1 Å². The minimum Gasteiger partial charge on any atom is -0.493 e. The van der Waals surface area contributed by atoms with E-state index in [1.165, 1.54) is 20.3 Å². The zero-order valence-electron chi connectivity index (χ0n) is 21.1. The van der Waals surface area contributed by atoms with Gasteiger partial charge in [-0.1, -0.05) is 11.6 Å². The van der Waals surface area contributed by atoms with E-state index in [4.69, 9.17) is 14.2 Å². The number of amidine groups is 1. The van der Waals surface area contributed by atoms with Crippen LogP contribution in [0.15, 0.2) is 59.6 Å². The maximum Gasteiger partial charge on any atom is 0.416 e. The molecular weight excluding hydrogens is 499 g/mol. The molecule has 0 atom stereocenters. The van der Waals surface area contributed by atoms with E-state index in [1.807, 2.05) is 24.0 Å². The third-order valence-corrected chi connectivity index (χ3v) is 6.61. The molecule has 0 saturated carbocycles. The Labute approximate surface area is 218 Å². The van der Waals surface area contributed by atoms with Crippen LogP contribution in [0.3, 0.4) is 0 Å². The fourth-order valence-electron chi connectivity index (χ4n) is 4.58. The first-order chi connectivity index (χ1) is 18.2. The average Bonchev–Trinajstić information content (AvgIpc) is 3.08. The number of nitrogens with zero attached hydrogens (tertiary/aromatic N) is 3. The lowest BCUT2D eigenvalue weighted by atomic mass is 10.1. The van der Waals surface area contributed by atoms with Crippen molar-refractivity contribution in [3.8, 4) is 23.0 Å². The van der Waals surface area contributed by atoms with Crippen molar-refractivity contribution in [2.75, 3.05) is 40.4 Å². The van der Waals surface area contributed by atoms with Gasteiger partial charge in [-0.2, -0.15) is 13.2 Å². The molecule has 7 nitrogen and oxygen atoms in total. The number of amides is 1. The summed E-state index contributed by atoms with van der Waals surface area (Å²) < 4.78 is 56.9. The van der Waals surface area contributed by atoms with Crippen molar-refractivity contribution in [3.63, 3.8) is 0 Å². The second-order valence-corrected chi connectivity index (χ2v) is 9.07. The van der Waals surface area contributed by atoms with Crippen molar-refractivity contribution < 1.29 is 32.2 Å². The van der Waals surface area contributed by atoms with Gasteiger partial charge >= 0.3 is 6.18 Å². The Morgan fingerprint density at radius 3 is 2.29 bits per heavy atom. The Morgan fingerprint density at radius 1 is 0.895 bits per heavy atom. The van der Waals surface area contributed by atoms with Gasteiger partial charge in [0, 0.05) is 31.7 Å². The second-order valence-electron chi connectivity index (χ2n) is 9.07. The minimum absolute atomic E-state index is 0.104. The number of piperazine rings is 1. The SMILES string of the molecule is COc1ccc(C(=O)N2CCN(C3=Nc4cc(C(F)(F)F)ccc4Oc4ccc(C)cc43)CC2)cc1OC. The van der Waals surface area contributed by atoms with Crippen LogP contribution >= 0.6 is 0 Å². The average molecular weight is 526 g/mol. The number of alkyl halides is 3. The van der Waals surface area contributed by atoms with Gasteiger partial charge in [0.25, 0.3) is 5.91 Å². The predicted octanol–water partition coefficient (Wildman–Crippen LogP) is 5.67. The first-order valence-corrected chi connectivity index (χ1v) is 12.0. The van der Waals surface area contributed by atoms with Crippen molar-refractivity contribution in [3.05, 3.63) is 76.9 Å². The third-order valence-electron chi connectivity index (χ3n) is 6.61. The van der Waals surface area contributed by atoms with Crippen LogP contribution in [0.5, 0.6) is 23.0 Å². The molecular formula is C28H26F3N3O4.